The molecule has 1 saturated carbocycles. The van der Waals surface area contributed by atoms with Crippen molar-refractivity contribution in [1.82, 2.24) is 0 Å². The number of benzene rings is 1. The van der Waals surface area contributed by atoms with Crippen molar-refractivity contribution in [1.29, 1.82) is 0 Å². The Bertz CT molecular complexity index is 442. The van der Waals surface area contributed by atoms with Crippen LogP contribution in [0.15, 0.2) is 24.3 Å². The van der Waals surface area contributed by atoms with Gasteiger partial charge in [0, 0.05) is 11.8 Å². The lowest BCUT2D eigenvalue weighted by molar-refractivity contribution is -0.146. The van der Waals surface area contributed by atoms with Crippen molar-refractivity contribution in [2.45, 2.75) is 39.5 Å². The Labute approximate surface area is 102 Å². The SMILES string of the molecule is CC1(C)C(=O)CC1C(C)(C)c1ccc(F)cc1. The first-order chi connectivity index (χ1) is 7.76. The first-order valence-electron chi connectivity index (χ1n) is 6.05. The van der Waals surface area contributed by atoms with Crippen LogP contribution in [-0.4, -0.2) is 5.78 Å². The molecule has 1 atom stereocenters. The van der Waals surface area contributed by atoms with Crippen LogP contribution in [0.1, 0.15) is 39.7 Å². The van der Waals surface area contributed by atoms with Crippen molar-refractivity contribution in [2.75, 3.05) is 0 Å². The number of ketones is 1. The third-order valence-electron chi connectivity index (χ3n) is 4.44. The van der Waals surface area contributed by atoms with E-state index >= 15 is 0 Å². The average molecular weight is 234 g/mol. The smallest absolute Gasteiger partial charge is 0.139 e. The summed E-state index contributed by atoms with van der Waals surface area (Å²) in [5, 5.41) is 0. The van der Waals surface area contributed by atoms with E-state index < -0.39 is 0 Å². The lowest BCUT2D eigenvalue weighted by Gasteiger charge is -2.51. The van der Waals surface area contributed by atoms with Gasteiger partial charge in [-0.25, -0.2) is 4.39 Å². The molecule has 1 aliphatic rings. The minimum absolute atomic E-state index is 0.0922. The Morgan fingerprint density at radius 3 is 2.18 bits per heavy atom. The number of rotatable bonds is 2. The second-order valence-corrected chi connectivity index (χ2v) is 6.13. The van der Waals surface area contributed by atoms with Crippen LogP contribution >= 0.6 is 0 Å². The summed E-state index contributed by atoms with van der Waals surface area (Å²) in [6.07, 6.45) is 0.636. The number of carbonyl (C=O) groups excluding carboxylic acids is 1. The van der Waals surface area contributed by atoms with E-state index in [1.54, 1.807) is 0 Å². The van der Waals surface area contributed by atoms with E-state index in [2.05, 4.69) is 13.8 Å². The first-order valence-corrected chi connectivity index (χ1v) is 6.05. The fraction of sp³-hybridized carbons (Fsp3) is 0.533. The second-order valence-electron chi connectivity index (χ2n) is 6.13. The number of Topliss-reactive ketones (excluding diaryl/α,β-unsaturated/α-hetero) is 1. The molecule has 0 N–H and O–H groups in total. The Morgan fingerprint density at radius 1 is 1.24 bits per heavy atom. The van der Waals surface area contributed by atoms with Gasteiger partial charge in [0.25, 0.3) is 0 Å². The van der Waals surface area contributed by atoms with Crippen LogP contribution in [0, 0.1) is 17.2 Å². The highest BCUT2D eigenvalue weighted by Gasteiger charge is 2.54. The summed E-state index contributed by atoms with van der Waals surface area (Å²) >= 11 is 0. The molecule has 92 valence electrons. The Morgan fingerprint density at radius 2 is 1.76 bits per heavy atom. The van der Waals surface area contributed by atoms with Crippen molar-refractivity contribution in [2.24, 2.45) is 11.3 Å². The van der Waals surface area contributed by atoms with Gasteiger partial charge in [-0.05, 0) is 29.0 Å². The topological polar surface area (TPSA) is 17.1 Å². The standard InChI is InChI=1S/C15H19FO/c1-14(2,10-5-7-11(16)8-6-10)12-9-13(17)15(12,3)4/h5-8,12H,9H2,1-4H3. The van der Waals surface area contributed by atoms with Gasteiger partial charge in [0.1, 0.15) is 11.6 Å². The summed E-state index contributed by atoms with van der Waals surface area (Å²) in [5.41, 5.74) is 0.757. The molecule has 1 aromatic carbocycles. The Hall–Kier alpha value is -1.18. The molecule has 0 bridgehead atoms. The number of hydrogen-bond donors (Lipinski definition) is 0. The summed E-state index contributed by atoms with van der Waals surface area (Å²) in [5.74, 6) is 0.444. The van der Waals surface area contributed by atoms with Gasteiger partial charge < -0.3 is 0 Å². The summed E-state index contributed by atoms with van der Waals surface area (Å²) in [6, 6.07) is 6.64. The van der Waals surface area contributed by atoms with Crippen molar-refractivity contribution in [3.63, 3.8) is 0 Å². The molecule has 0 spiro atoms. The van der Waals surface area contributed by atoms with Crippen molar-refractivity contribution < 1.29 is 9.18 Å². The van der Waals surface area contributed by atoms with Crippen LogP contribution in [0.4, 0.5) is 4.39 Å². The van der Waals surface area contributed by atoms with Crippen LogP contribution < -0.4 is 0 Å². The van der Waals surface area contributed by atoms with Gasteiger partial charge in [-0.1, -0.05) is 39.8 Å². The molecule has 1 unspecified atom stereocenters. The monoisotopic (exact) mass is 234 g/mol. The van der Waals surface area contributed by atoms with E-state index in [0.717, 1.165) is 5.56 Å². The van der Waals surface area contributed by atoms with Crippen LogP contribution in [0.2, 0.25) is 0 Å². The molecule has 0 aliphatic heterocycles. The third kappa shape index (κ3) is 1.80. The molecule has 2 heteroatoms. The molecule has 1 aliphatic carbocycles. The molecule has 0 heterocycles. The number of hydrogen-bond acceptors (Lipinski definition) is 1. The molecule has 0 radical (unpaired) electrons. The predicted octanol–water partition coefficient (Wildman–Crippen LogP) is 3.72. The van der Waals surface area contributed by atoms with E-state index in [9.17, 15) is 9.18 Å². The van der Waals surface area contributed by atoms with Gasteiger partial charge in [0.15, 0.2) is 0 Å². The molecule has 0 amide bonds. The highest BCUT2D eigenvalue weighted by atomic mass is 19.1. The molecule has 2 rings (SSSR count). The zero-order valence-electron chi connectivity index (χ0n) is 10.9. The predicted molar refractivity (Wildman–Crippen MR) is 66.3 cm³/mol. The normalized spacial score (nSPS) is 23.4. The van der Waals surface area contributed by atoms with Crippen LogP contribution in [-0.2, 0) is 10.2 Å². The minimum atomic E-state index is -0.252. The summed E-state index contributed by atoms with van der Waals surface area (Å²) in [6.45, 7) is 8.29. The summed E-state index contributed by atoms with van der Waals surface area (Å²) in [4.78, 5) is 11.6. The van der Waals surface area contributed by atoms with Crippen LogP contribution in [0.5, 0.6) is 0 Å². The van der Waals surface area contributed by atoms with Gasteiger partial charge in [0.2, 0.25) is 0 Å². The second kappa shape index (κ2) is 3.66. The van der Waals surface area contributed by atoms with Gasteiger partial charge in [-0.15, -0.1) is 0 Å². The van der Waals surface area contributed by atoms with Gasteiger partial charge in [-0.2, -0.15) is 0 Å². The molecule has 1 fully saturated rings. The maximum atomic E-state index is 12.9. The maximum absolute atomic E-state index is 12.9. The minimum Gasteiger partial charge on any atom is -0.299 e. The average Bonchev–Trinajstić information content (AvgIpc) is 2.26. The fourth-order valence-corrected chi connectivity index (χ4v) is 3.00. The van der Waals surface area contributed by atoms with E-state index in [1.807, 2.05) is 26.0 Å². The highest BCUT2D eigenvalue weighted by Crippen LogP contribution is 2.52. The molecule has 0 aromatic heterocycles. The molecular weight excluding hydrogens is 215 g/mol. The van der Waals surface area contributed by atoms with E-state index in [4.69, 9.17) is 0 Å². The zero-order chi connectivity index (χ0) is 12.8. The lowest BCUT2D eigenvalue weighted by Crippen LogP contribution is -2.53. The Balaban J connectivity index is 2.31. The van der Waals surface area contributed by atoms with E-state index in [1.165, 1.54) is 12.1 Å². The number of carbonyl (C=O) groups is 1. The van der Waals surface area contributed by atoms with Crippen LogP contribution in [0.25, 0.3) is 0 Å². The fourth-order valence-electron chi connectivity index (χ4n) is 3.00. The molecule has 17 heavy (non-hydrogen) atoms. The zero-order valence-corrected chi connectivity index (χ0v) is 10.9. The van der Waals surface area contributed by atoms with Gasteiger partial charge in [0.05, 0.1) is 0 Å². The van der Waals surface area contributed by atoms with Crippen LogP contribution in [0.3, 0.4) is 0 Å². The largest absolute Gasteiger partial charge is 0.299 e. The highest BCUT2D eigenvalue weighted by molar-refractivity contribution is 5.91. The van der Waals surface area contributed by atoms with Crippen molar-refractivity contribution >= 4 is 5.78 Å². The molecule has 0 saturated heterocycles. The van der Waals surface area contributed by atoms with E-state index in [0.29, 0.717) is 18.1 Å². The maximum Gasteiger partial charge on any atom is 0.139 e. The Kier molecular flexibility index (Phi) is 2.64. The van der Waals surface area contributed by atoms with Gasteiger partial charge >= 0.3 is 0 Å². The third-order valence-corrected chi connectivity index (χ3v) is 4.44. The lowest BCUT2D eigenvalue weighted by atomic mass is 9.51. The number of halogens is 1. The van der Waals surface area contributed by atoms with Crippen molar-refractivity contribution in [3.05, 3.63) is 35.6 Å². The van der Waals surface area contributed by atoms with E-state index in [-0.39, 0.29) is 16.6 Å². The quantitative estimate of drug-likeness (QED) is 0.762. The molecule has 1 aromatic rings. The van der Waals surface area contributed by atoms with Gasteiger partial charge in [-0.3, -0.25) is 4.79 Å². The first kappa shape index (κ1) is 12.3. The molecular formula is C15H19FO. The van der Waals surface area contributed by atoms with Crippen molar-refractivity contribution in [3.8, 4) is 0 Å². The summed E-state index contributed by atoms with van der Waals surface area (Å²) < 4.78 is 12.9. The molecule has 1 nitrogen and oxygen atoms in total. The summed E-state index contributed by atoms with van der Waals surface area (Å²) in [7, 11) is 0.